The standard InChI is InChI=1S/C20H35NO3/c1-2-3-4-5-6-7-8-9-10-11-12-13-14-15-16-17-19(22)21-18-20(23)24/h2-15,18H2,1H3,(H,21,22)(H,23,24). The number of carbonyl (C=O) groups excluding carboxylic acids is 1. The maximum absolute atomic E-state index is 11.1. The highest BCUT2D eigenvalue weighted by molar-refractivity contribution is 5.95. The topological polar surface area (TPSA) is 66.4 Å². The first-order valence-electron chi connectivity index (χ1n) is 9.65. The largest absolute Gasteiger partial charge is 0.480 e. The second kappa shape index (κ2) is 17.8. The lowest BCUT2D eigenvalue weighted by Crippen LogP contribution is -2.27. The zero-order valence-electron chi connectivity index (χ0n) is 15.4. The van der Waals surface area contributed by atoms with Gasteiger partial charge in [0.2, 0.25) is 0 Å². The van der Waals surface area contributed by atoms with Crippen molar-refractivity contribution < 1.29 is 14.7 Å². The highest BCUT2D eigenvalue weighted by atomic mass is 16.4. The molecule has 24 heavy (non-hydrogen) atoms. The van der Waals surface area contributed by atoms with E-state index in [4.69, 9.17) is 5.11 Å². The van der Waals surface area contributed by atoms with Gasteiger partial charge in [0.05, 0.1) is 0 Å². The smallest absolute Gasteiger partial charge is 0.323 e. The summed E-state index contributed by atoms with van der Waals surface area (Å²) in [7, 11) is 0. The minimum absolute atomic E-state index is 0.369. The van der Waals surface area contributed by atoms with Gasteiger partial charge in [-0.15, -0.1) is 0 Å². The molecule has 0 aliphatic rings. The number of rotatable bonds is 15. The van der Waals surface area contributed by atoms with E-state index in [1.165, 1.54) is 70.6 Å². The summed E-state index contributed by atoms with van der Waals surface area (Å²) in [4.78, 5) is 21.4. The molecule has 0 rings (SSSR count). The van der Waals surface area contributed by atoms with Crippen LogP contribution < -0.4 is 5.32 Å². The van der Waals surface area contributed by atoms with Crippen molar-refractivity contribution in [1.29, 1.82) is 0 Å². The van der Waals surface area contributed by atoms with Gasteiger partial charge in [-0.1, -0.05) is 89.9 Å². The molecule has 2 N–H and O–H groups in total. The van der Waals surface area contributed by atoms with E-state index in [2.05, 4.69) is 24.1 Å². The number of hydrogen-bond donors (Lipinski definition) is 2. The van der Waals surface area contributed by atoms with E-state index in [1.807, 2.05) is 0 Å². The number of aliphatic carboxylic acids is 1. The van der Waals surface area contributed by atoms with E-state index < -0.39 is 11.9 Å². The van der Waals surface area contributed by atoms with E-state index in [-0.39, 0.29) is 6.54 Å². The molecule has 0 fully saturated rings. The summed E-state index contributed by atoms with van der Waals surface area (Å²) >= 11 is 0. The third kappa shape index (κ3) is 18.5. The van der Waals surface area contributed by atoms with Crippen LogP contribution in [0.2, 0.25) is 0 Å². The molecule has 1 amide bonds. The molecule has 4 heteroatoms. The molecule has 0 spiro atoms. The van der Waals surface area contributed by atoms with Gasteiger partial charge >= 0.3 is 5.97 Å². The van der Waals surface area contributed by atoms with E-state index in [1.54, 1.807) is 0 Å². The van der Waals surface area contributed by atoms with Crippen molar-refractivity contribution in [3.63, 3.8) is 0 Å². The molecule has 0 heterocycles. The molecular formula is C20H35NO3. The van der Waals surface area contributed by atoms with Gasteiger partial charge in [-0.05, 0) is 12.3 Å². The minimum Gasteiger partial charge on any atom is -0.480 e. The molecule has 0 atom stereocenters. The molecule has 0 aliphatic heterocycles. The summed E-state index contributed by atoms with van der Waals surface area (Å²) in [6, 6.07) is 0. The van der Waals surface area contributed by atoms with Crippen LogP contribution in [0.15, 0.2) is 0 Å². The number of hydrogen-bond acceptors (Lipinski definition) is 2. The van der Waals surface area contributed by atoms with Crippen LogP contribution in [0, 0.1) is 11.8 Å². The van der Waals surface area contributed by atoms with Gasteiger partial charge in [-0.25, -0.2) is 0 Å². The fourth-order valence-electron chi connectivity index (χ4n) is 2.57. The zero-order chi connectivity index (χ0) is 17.9. The highest BCUT2D eigenvalue weighted by Gasteiger charge is 1.98. The van der Waals surface area contributed by atoms with Crippen LogP contribution in [0.5, 0.6) is 0 Å². The molecule has 4 nitrogen and oxygen atoms in total. The van der Waals surface area contributed by atoms with Gasteiger partial charge in [0, 0.05) is 6.42 Å². The van der Waals surface area contributed by atoms with Gasteiger partial charge in [0.25, 0.3) is 5.91 Å². The Bertz CT molecular complexity index is 382. The van der Waals surface area contributed by atoms with Crippen molar-refractivity contribution in [2.24, 2.45) is 0 Å². The fraction of sp³-hybridized carbons (Fsp3) is 0.800. The average molecular weight is 338 g/mol. The molecule has 0 aliphatic carbocycles. The summed E-state index contributed by atoms with van der Waals surface area (Å²) in [5.74, 6) is 3.65. The molecule has 0 bridgehead atoms. The van der Waals surface area contributed by atoms with Crippen molar-refractivity contribution in [3.05, 3.63) is 0 Å². The van der Waals surface area contributed by atoms with Gasteiger partial charge in [-0.3, -0.25) is 9.59 Å². The Morgan fingerprint density at radius 3 is 1.71 bits per heavy atom. The number of carboxylic acid groups (broad SMARTS) is 1. The average Bonchev–Trinajstić information content (AvgIpc) is 2.56. The third-order valence-electron chi connectivity index (χ3n) is 4.01. The van der Waals surface area contributed by atoms with Crippen molar-refractivity contribution >= 4 is 11.9 Å². The Morgan fingerprint density at radius 1 is 0.792 bits per heavy atom. The van der Waals surface area contributed by atoms with E-state index in [9.17, 15) is 9.59 Å². The van der Waals surface area contributed by atoms with Gasteiger partial charge < -0.3 is 10.4 Å². The predicted molar refractivity (Wildman–Crippen MR) is 98.7 cm³/mol. The van der Waals surface area contributed by atoms with E-state index >= 15 is 0 Å². The third-order valence-corrected chi connectivity index (χ3v) is 4.01. The van der Waals surface area contributed by atoms with Crippen molar-refractivity contribution in [2.75, 3.05) is 6.54 Å². The van der Waals surface area contributed by atoms with Crippen LogP contribution in [-0.4, -0.2) is 23.5 Å². The molecule has 0 saturated heterocycles. The molecule has 0 aromatic carbocycles. The Morgan fingerprint density at radius 2 is 1.25 bits per heavy atom. The van der Waals surface area contributed by atoms with E-state index in [0.29, 0.717) is 6.42 Å². The lowest BCUT2D eigenvalue weighted by molar-refractivity contribution is -0.137. The molecule has 0 aromatic rings. The van der Waals surface area contributed by atoms with Crippen LogP contribution in [0.25, 0.3) is 0 Å². The monoisotopic (exact) mass is 337 g/mol. The van der Waals surface area contributed by atoms with Crippen LogP contribution in [0.1, 0.15) is 96.8 Å². The highest BCUT2D eigenvalue weighted by Crippen LogP contribution is 2.12. The fourth-order valence-corrected chi connectivity index (χ4v) is 2.57. The first kappa shape index (κ1) is 22.5. The summed E-state index contributed by atoms with van der Waals surface area (Å²) < 4.78 is 0. The SMILES string of the molecule is CCCCCCCCCCCCCCCC#CC(=O)NCC(=O)O. The lowest BCUT2D eigenvalue weighted by atomic mass is 10.0. The zero-order valence-corrected chi connectivity index (χ0v) is 15.4. The number of amides is 1. The molecule has 0 radical (unpaired) electrons. The number of unbranched alkanes of at least 4 members (excludes halogenated alkanes) is 13. The van der Waals surface area contributed by atoms with Crippen molar-refractivity contribution in [1.82, 2.24) is 5.32 Å². The van der Waals surface area contributed by atoms with Crippen LogP contribution in [0.4, 0.5) is 0 Å². The first-order valence-corrected chi connectivity index (χ1v) is 9.65. The first-order chi connectivity index (χ1) is 11.7. The lowest BCUT2D eigenvalue weighted by Gasteiger charge is -2.02. The maximum atomic E-state index is 11.1. The quantitative estimate of drug-likeness (QED) is 0.337. The summed E-state index contributed by atoms with van der Waals surface area (Å²) in [6.07, 6.45) is 17.8. The summed E-state index contributed by atoms with van der Waals surface area (Å²) in [5.41, 5.74) is 0. The number of nitrogens with one attached hydrogen (secondary N) is 1. The van der Waals surface area contributed by atoms with Crippen LogP contribution in [-0.2, 0) is 9.59 Å². The predicted octanol–water partition coefficient (Wildman–Crippen LogP) is 4.67. The molecule has 0 aromatic heterocycles. The van der Waals surface area contributed by atoms with Gasteiger partial charge in [0.1, 0.15) is 6.54 Å². The Labute approximate surface area is 147 Å². The normalized spacial score (nSPS) is 10.0. The van der Waals surface area contributed by atoms with Crippen molar-refractivity contribution in [3.8, 4) is 11.8 Å². The van der Waals surface area contributed by atoms with Gasteiger partial charge in [0.15, 0.2) is 0 Å². The summed E-state index contributed by atoms with van der Waals surface area (Å²) in [5, 5.41) is 10.6. The number of carbonyl (C=O) groups is 2. The molecule has 138 valence electrons. The Hall–Kier alpha value is -1.50. The number of carboxylic acids is 1. The second-order valence-electron chi connectivity index (χ2n) is 6.37. The van der Waals surface area contributed by atoms with Crippen LogP contribution >= 0.6 is 0 Å². The van der Waals surface area contributed by atoms with Crippen LogP contribution in [0.3, 0.4) is 0 Å². The maximum Gasteiger partial charge on any atom is 0.323 e. The Kier molecular flexibility index (Phi) is 16.7. The minimum atomic E-state index is -1.05. The molecular weight excluding hydrogens is 302 g/mol. The van der Waals surface area contributed by atoms with Crippen molar-refractivity contribution in [2.45, 2.75) is 96.8 Å². The Balaban J connectivity index is 3.23. The second-order valence-corrected chi connectivity index (χ2v) is 6.37. The van der Waals surface area contributed by atoms with Gasteiger partial charge in [-0.2, -0.15) is 0 Å². The van der Waals surface area contributed by atoms with E-state index in [0.717, 1.165) is 12.8 Å². The molecule has 0 saturated carbocycles. The summed E-state index contributed by atoms with van der Waals surface area (Å²) in [6.45, 7) is 1.89. The molecule has 0 unspecified atom stereocenters.